The summed E-state index contributed by atoms with van der Waals surface area (Å²) in [4.78, 5) is 38.5. The van der Waals surface area contributed by atoms with E-state index in [0.29, 0.717) is 10.6 Å². The second-order valence-corrected chi connectivity index (χ2v) is 7.71. The lowest BCUT2D eigenvalue weighted by atomic mass is 9.88. The van der Waals surface area contributed by atoms with Crippen LogP contribution in [0.2, 0.25) is 5.02 Å². The molecule has 146 valence electrons. The number of hydrogen-bond acceptors (Lipinski definition) is 4. The van der Waals surface area contributed by atoms with E-state index in [1.807, 2.05) is 13.8 Å². The summed E-state index contributed by atoms with van der Waals surface area (Å²) in [6, 6.07) is 12.2. The van der Waals surface area contributed by atoms with Gasteiger partial charge in [-0.05, 0) is 47.4 Å². The Morgan fingerprint density at radius 2 is 1.82 bits per heavy atom. The molecule has 0 aromatic heterocycles. The molecule has 28 heavy (non-hydrogen) atoms. The number of likely N-dealkylation sites (N-methyl/N-ethyl adjacent to an activating group) is 1. The molecule has 2 aromatic rings. The molecular weight excluding hydrogens is 378 g/mol. The van der Waals surface area contributed by atoms with E-state index in [2.05, 4.69) is 0 Å². The van der Waals surface area contributed by atoms with Gasteiger partial charge in [-0.1, -0.05) is 37.6 Å². The topological polar surface area (TPSA) is 63.7 Å². The predicted octanol–water partition coefficient (Wildman–Crippen LogP) is 4.02. The van der Waals surface area contributed by atoms with Gasteiger partial charge in [0.2, 0.25) is 5.91 Å². The highest BCUT2D eigenvalue weighted by Crippen LogP contribution is 2.29. The number of hydrogen-bond donors (Lipinski definition) is 0. The lowest BCUT2D eigenvalue weighted by Gasteiger charge is -2.20. The number of nitrogens with zero attached hydrogens (tertiary/aromatic N) is 1. The maximum Gasteiger partial charge on any atom is 0.314 e. The molecule has 1 heterocycles. The minimum atomic E-state index is -0.476. The number of rotatable bonds is 6. The normalized spacial score (nSPS) is 14.2. The molecule has 1 aliphatic heterocycles. The van der Waals surface area contributed by atoms with E-state index in [1.165, 1.54) is 0 Å². The van der Waals surface area contributed by atoms with Crippen LogP contribution in [0.15, 0.2) is 42.5 Å². The van der Waals surface area contributed by atoms with E-state index in [4.69, 9.17) is 16.3 Å². The minimum absolute atomic E-state index is 0.00493. The van der Waals surface area contributed by atoms with Crippen LogP contribution in [0.1, 0.15) is 41.3 Å². The highest BCUT2D eigenvalue weighted by Gasteiger charge is 2.27. The van der Waals surface area contributed by atoms with Crippen LogP contribution in [0.25, 0.3) is 0 Å². The molecule has 0 bridgehead atoms. The quantitative estimate of drug-likeness (QED) is 0.543. The van der Waals surface area contributed by atoms with Crippen LogP contribution in [0, 0.1) is 5.92 Å². The molecule has 6 heteroatoms. The first-order valence-electron chi connectivity index (χ1n) is 9.12. The first-order chi connectivity index (χ1) is 13.3. The fourth-order valence-electron chi connectivity index (χ4n) is 3.42. The van der Waals surface area contributed by atoms with Crippen molar-refractivity contribution in [2.45, 2.75) is 26.2 Å². The van der Waals surface area contributed by atoms with Crippen molar-refractivity contribution in [2.24, 2.45) is 5.92 Å². The third-order valence-corrected chi connectivity index (χ3v) is 5.23. The van der Waals surface area contributed by atoms with Crippen molar-refractivity contribution < 1.29 is 19.1 Å². The Hall–Kier alpha value is -2.66. The lowest BCUT2D eigenvalue weighted by molar-refractivity contribution is -0.145. The summed E-state index contributed by atoms with van der Waals surface area (Å²) in [5.41, 5.74) is 2.85. The van der Waals surface area contributed by atoms with Gasteiger partial charge in [0.05, 0.1) is 12.3 Å². The second-order valence-electron chi connectivity index (χ2n) is 7.28. The smallest absolute Gasteiger partial charge is 0.314 e. The molecule has 5 nitrogen and oxygen atoms in total. The third-order valence-electron chi connectivity index (χ3n) is 4.97. The number of carbonyl (C=O) groups excluding carboxylic acids is 3. The molecule has 0 saturated carbocycles. The molecular formula is C22H22ClNO4. The van der Waals surface area contributed by atoms with Crippen molar-refractivity contribution in [1.29, 1.82) is 0 Å². The van der Waals surface area contributed by atoms with Crippen LogP contribution >= 0.6 is 11.6 Å². The average molecular weight is 400 g/mol. The maximum atomic E-state index is 12.6. The summed E-state index contributed by atoms with van der Waals surface area (Å²) in [6.45, 7) is 3.52. The largest absolute Gasteiger partial charge is 0.457 e. The summed E-state index contributed by atoms with van der Waals surface area (Å²) < 4.78 is 5.33. The molecule has 3 rings (SSSR count). The van der Waals surface area contributed by atoms with Crippen molar-refractivity contribution >= 4 is 34.9 Å². The van der Waals surface area contributed by atoms with Gasteiger partial charge >= 0.3 is 5.97 Å². The van der Waals surface area contributed by atoms with Gasteiger partial charge in [0.1, 0.15) is 0 Å². The highest BCUT2D eigenvalue weighted by atomic mass is 35.5. The summed E-state index contributed by atoms with van der Waals surface area (Å²) in [5.74, 6) is -1.21. The van der Waals surface area contributed by atoms with E-state index in [1.54, 1.807) is 54.4 Å². The second kappa shape index (κ2) is 8.15. The number of fused-ring (bicyclic) bond motifs is 1. The SMILES string of the molecule is CC(C)[C@@H](C(=O)OCC(=O)c1ccc2c(c1)CC(=O)N2C)c1ccc(Cl)cc1. The van der Waals surface area contributed by atoms with E-state index >= 15 is 0 Å². The number of ether oxygens (including phenoxy) is 1. The van der Waals surface area contributed by atoms with Gasteiger partial charge in [0.15, 0.2) is 12.4 Å². The summed E-state index contributed by atoms with van der Waals surface area (Å²) in [5, 5.41) is 0.593. The molecule has 1 amide bonds. The first-order valence-corrected chi connectivity index (χ1v) is 9.50. The fraction of sp³-hybridized carbons (Fsp3) is 0.318. The van der Waals surface area contributed by atoms with E-state index < -0.39 is 11.9 Å². The fourth-order valence-corrected chi connectivity index (χ4v) is 3.54. The van der Waals surface area contributed by atoms with Crippen LogP contribution in [0.4, 0.5) is 5.69 Å². The monoisotopic (exact) mass is 399 g/mol. The number of carbonyl (C=O) groups is 3. The van der Waals surface area contributed by atoms with Gasteiger partial charge in [0.25, 0.3) is 0 Å². The van der Waals surface area contributed by atoms with E-state index in [-0.39, 0.29) is 30.6 Å². The molecule has 0 fully saturated rings. The molecule has 0 aliphatic carbocycles. The van der Waals surface area contributed by atoms with Crippen LogP contribution in [-0.2, 0) is 20.7 Å². The van der Waals surface area contributed by atoms with Crippen LogP contribution in [-0.4, -0.2) is 31.3 Å². The standard InChI is InChI=1S/C22H22ClNO4/c1-13(2)21(14-4-7-17(23)8-5-14)22(27)28-12-19(25)15-6-9-18-16(10-15)11-20(26)24(18)3/h4-10,13,21H,11-12H2,1-3H3/t21-/m1/s1. The molecule has 0 spiro atoms. The Balaban J connectivity index is 1.68. The van der Waals surface area contributed by atoms with Gasteiger partial charge < -0.3 is 9.64 Å². The van der Waals surface area contributed by atoms with Gasteiger partial charge in [-0.15, -0.1) is 0 Å². The number of amides is 1. The Kier molecular flexibility index (Phi) is 5.84. The van der Waals surface area contributed by atoms with Gasteiger partial charge in [0, 0.05) is 23.3 Å². The molecule has 0 unspecified atom stereocenters. The van der Waals surface area contributed by atoms with Crippen molar-refractivity contribution in [3.8, 4) is 0 Å². The number of benzene rings is 2. The van der Waals surface area contributed by atoms with Crippen molar-refractivity contribution in [2.75, 3.05) is 18.6 Å². The van der Waals surface area contributed by atoms with Gasteiger partial charge in [-0.25, -0.2) is 0 Å². The number of Topliss-reactive ketones (excluding diaryl/α,β-unsaturated/α-hetero) is 1. The summed E-state index contributed by atoms with van der Waals surface area (Å²) >= 11 is 5.92. The zero-order valence-electron chi connectivity index (χ0n) is 16.1. The van der Waals surface area contributed by atoms with Gasteiger partial charge in [-0.3, -0.25) is 14.4 Å². The van der Waals surface area contributed by atoms with Crippen LogP contribution in [0.5, 0.6) is 0 Å². The van der Waals surface area contributed by atoms with E-state index in [9.17, 15) is 14.4 Å². The Labute approximate surface area is 169 Å². The predicted molar refractivity (Wildman–Crippen MR) is 108 cm³/mol. The minimum Gasteiger partial charge on any atom is -0.457 e. The average Bonchev–Trinajstić information content (AvgIpc) is 2.94. The molecule has 0 N–H and O–H groups in total. The molecule has 0 saturated heterocycles. The van der Waals surface area contributed by atoms with Crippen molar-refractivity contribution in [1.82, 2.24) is 0 Å². The van der Waals surface area contributed by atoms with Crippen LogP contribution in [0.3, 0.4) is 0 Å². The first kappa shape index (κ1) is 20.1. The number of esters is 1. The maximum absolute atomic E-state index is 12.6. The molecule has 1 aliphatic rings. The number of anilines is 1. The number of halogens is 1. The third kappa shape index (κ3) is 4.09. The Bertz CT molecular complexity index is 921. The Morgan fingerprint density at radius 1 is 1.14 bits per heavy atom. The molecule has 1 atom stereocenters. The van der Waals surface area contributed by atoms with Gasteiger partial charge in [-0.2, -0.15) is 0 Å². The lowest BCUT2D eigenvalue weighted by Crippen LogP contribution is -2.23. The van der Waals surface area contributed by atoms with Crippen molar-refractivity contribution in [3.05, 3.63) is 64.2 Å². The highest BCUT2D eigenvalue weighted by molar-refractivity contribution is 6.30. The van der Waals surface area contributed by atoms with E-state index in [0.717, 1.165) is 16.8 Å². The molecule has 0 radical (unpaired) electrons. The number of ketones is 1. The van der Waals surface area contributed by atoms with Crippen molar-refractivity contribution in [3.63, 3.8) is 0 Å². The van der Waals surface area contributed by atoms with Crippen LogP contribution < -0.4 is 4.90 Å². The zero-order valence-corrected chi connectivity index (χ0v) is 16.8. The molecule has 2 aromatic carbocycles. The Morgan fingerprint density at radius 3 is 2.46 bits per heavy atom. The summed E-state index contributed by atoms with van der Waals surface area (Å²) in [6.07, 6.45) is 0.277. The summed E-state index contributed by atoms with van der Waals surface area (Å²) in [7, 11) is 1.71. The zero-order chi connectivity index (χ0) is 20.4.